The first kappa shape index (κ1) is 17.6. The van der Waals surface area contributed by atoms with E-state index in [4.69, 9.17) is 4.74 Å². The summed E-state index contributed by atoms with van der Waals surface area (Å²) in [7, 11) is 0. The maximum Gasteiger partial charge on any atom is 0.255 e. The fraction of sp³-hybridized carbons (Fsp3) is 0.444. The molecule has 1 aliphatic heterocycles. The summed E-state index contributed by atoms with van der Waals surface area (Å²) in [5.74, 6) is -0.536. The first-order chi connectivity index (χ1) is 12.1. The zero-order chi connectivity index (χ0) is 17.8. The minimum absolute atomic E-state index is 0.128. The topological polar surface area (TPSA) is 76.4 Å². The standard InChI is InChI=1S/C18H22FN3O3/c1-12-14(10-20-22(12)17-5-3-2-4-15(17)19)18(24)21-16(11-23)13-6-8-25-9-7-13/h2-5,10,13,16,23H,6-9,11H2,1H3,(H,21,24)/t16-/m0/s1. The van der Waals surface area contributed by atoms with Crippen LogP contribution in [0.15, 0.2) is 30.5 Å². The van der Waals surface area contributed by atoms with Crippen molar-refractivity contribution in [1.29, 1.82) is 0 Å². The molecule has 2 aromatic rings. The highest BCUT2D eigenvalue weighted by Gasteiger charge is 2.26. The Balaban J connectivity index is 1.77. The van der Waals surface area contributed by atoms with Crippen molar-refractivity contribution in [2.45, 2.75) is 25.8 Å². The van der Waals surface area contributed by atoms with Gasteiger partial charge in [-0.25, -0.2) is 9.07 Å². The Morgan fingerprint density at radius 2 is 2.16 bits per heavy atom. The number of ether oxygens (including phenoxy) is 1. The third kappa shape index (κ3) is 3.72. The maximum atomic E-state index is 14.0. The van der Waals surface area contributed by atoms with Crippen molar-refractivity contribution >= 4 is 5.91 Å². The fourth-order valence-corrected chi connectivity index (χ4v) is 3.18. The highest BCUT2D eigenvalue weighted by Crippen LogP contribution is 2.20. The first-order valence-corrected chi connectivity index (χ1v) is 8.40. The van der Waals surface area contributed by atoms with Crippen LogP contribution in [0.5, 0.6) is 0 Å². The number of amides is 1. The molecule has 25 heavy (non-hydrogen) atoms. The molecular weight excluding hydrogens is 325 g/mol. The molecule has 1 saturated heterocycles. The molecule has 1 atom stereocenters. The number of halogens is 1. The lowest BCUT2D eigenvalue weighted by molar-refractivity contribution is 0.0419. The SMILES string of the molecule is Cc1c(C(=O)N[C@@H](CO)C2CCOCC2)cnn1-c1ccccc1F. The normalized spacial score (nSPS) is 16.6. The van der Waals surface area contributed by atoms with E-state index in [1.54, 1.807) is 25.1 Å². The average molecular weight is 347 g/mol. The molecule has 6 nitrogen and oxygen atoms in total. The molecule has 0 bridgehead atoms. The van der Waals surface area contributed by atoms with E-state index >= 15 is 0 Å². The molecule has 1 aromatic heterocycles. The van der Waals surface area contributed by atoms with Crippen LogP contribution in [-0.2, 0) is 4.74 Å². The number of rotatable bonds is 5. The van der Waals surface area contributed by atoms with Crippen molar-refractivity contribution in [2.24, 2.45) is 5.92 Å². The third-order valence-corrected chi connectivity index (χ3v) is 4.68. The number of aromatic nitrogens is 2. The molecule has 2 heterocycles. The monoisotopic (exact) mass is 347 g/mol. The van der Waals surface area contributed by atoms with Gasteiger partial charge in [-0.15, -0.1) is 0 Å². The predicted molar refractivity (Wildman–Crippen MR) is 90.1 cm³/mol. The zero-order valence-electron chi connectivity index (χ0n) is 14.1. The molecule has 2 N–H and O–H groups in total. The van der Waals surface area contributed by atoms with Gasteiger partial charge in [-0.2, -0.15) is 5.10 Å². The minimum atomic E-state index is -0.406. The van der Waals surface area contributed by atoms with Crippen LogP contribution < -0.4 is 5.32 Å². The van der Waals surface area contributed by atoms with E-state index in [9.17, 15) is 14.3 Å². The van der Waals surface area contributed by atoms with Crippen molar-refractivity contribution in [3.63, 3.8) is 0 Å². The summed E-state index contributed by atoms with van der Waals surface area (Å²) in [5.41, 5.74) is 1.21. The number of hydrogen-bond acceptors (Lipinski definition) is 4. The van der Waals surface area contributed by atoms with Gasteiger partial charge in [0.15, 0.2) is 0 Å². The van der Waals surface area contributed by atoms with Gasteiger partial charge < -0.3 is 15.2 Å². The largest absolute Gasteiger partial charge is 0.394 e. The lowest BCUT2D eigenvalue weighted by atomic mass is 9.92. The van der Waals surface area contributed by atoms with Crippen LogP contribution in [0.3, 0.4) is 0 Å². The van der Waals surface area contributed by atoms with E-state index in [2.05, 4.69) is 10.4 Å². The van der Waals surface area contributed by atoms with E-state index in [-0.39, 0.29) is 24.5 Å². The number of para-hydroxylation sites is 1. The maximum absolute atomic E-state index is 14.0. The lowest BCUT2D eigenvalue weighted by Crippen LogP contribution is -2.44. The number of carbonyl (C=O) groups is 1. The molecule has 0 spiro atoms. The van der Waals surface area contributed by atoms with Gasteiger partial charge in [0.05, 0.1) is 30.1 Å². The van der Waals surface area contributed by atoms with Gasteiger partial charge in [-0.1, -0.05) is 12.1 Å². The van der Waals surface area contributed by atoms with E-state index < -0.39 is 5.82 Å². The number of nitrogens with zero attached hydrogens (tertiary/aromatic N) is 2. The Kier molecular flexibility index (Phi) is 5.45. The Labute approximate surface area is 145 Å². The van der Waals surface area contributed by atoms with Crippen molar-refractivity contribution < 1.29 is 19.0 Å². The summed E-state index contributed by atoms with van der Waals surface area (Å²) in [6.07, 6.45) is 3.04. The van der Waals surface area contributed by atoms with Gasteiger partial charge in [0, 0.05) is 13.2 Å². The first-order valence-electron chi connectivity index (χ1n) is 8.40. The van der Waals surface area contributed by atoms with E-state index in [0.29, 0.717) is 30.2 Å². The Morgan fingerprint density at radius 1 is 1.44 bits per heavy atom. The molecule has 0 unspecified atom stereocenters. The molecule has 1 aromatic carbocycles. The van der Waals surface area contributed by atoms with Crippen molar-refractivity contribution in [1.82, 2.24) is 15.1 Å². The lowest BCUT2D eigenvalue weighted by Gasteiger charge is -2.29. The van der Waals surface area contributed by atoms with Gasteiger partial charge in [-0.05, 0) is 37.8 Å². The Bertz CT molecular complexity index is 741. The summed E-state index contributed by atoms with van der Waals surface area (Å²) < 4.78 is 20.7. The molecule has 1 aliphatic rings. The number of aliphatic hydroxyl groups is 1. The molecule has 0 radical (unpaired) electrons. The average Bonchev–Trinajstić information content (AvgIpc) is 3.02. The molecule has 1 amide bonds. The van der Waals surface area contributed by atoms with Crippen LogP contribution in [0.4, 0.5) is 4.39 Å². The highest BCUT2D eigenvalue weighted by molar-refractivity contribution is 5.95. The molecule has 0 saturated carbocycles. The molecule has 0 aliphatic carbocycles. The quantitative estimate of drug-likeness (QED) is 0.865. The molecule has 7 heteroatoms. The van der Waals surface area contributed by atoms with Gasteiger partial charge in [0.25, 0.3) is 5.91 Å². The summed E-state index contributed by atoms with van der Waals surface area (Å²) >= 11 is 0. The molecular formula is C18H22FN3O3. The molecule has 1 fully saturated rings. The second-order valence-corrected chi connectivity index (χ2v) is 6.22. The fourth-order valence-electron chi connectivity index (χ4n) is 3.18. The predicted octanol–water partition coefficient (Wildman–Crippen LogP) is 1.84. The Hall–Kier alpha value is -2.25. The second-order valence-electron chi connectivity index (χ2n) is 6.22. The van der Waals surface area contributed by atoms with Crippen LogP contribution >= 0.6 is 0 Å². The summed E-state index contributed by atoms with van der Waals surface area (Å²) in [4.78, 5) is 12.6. The van der Waals surface area contributed by atoms with Crippen LogP contribution in [-0.4, -0.2) is 46.7 Å². The van der Waals surface area contributed by atoms with Gasteiger partial charge in [0.1, 0.15) is 11.5 Å². The number of hydrogen-bond donors (Lipinski definition) is 2. The van der Waals surface area contributed by atoms with E-state index in [1.807, 2.05) is 0 Å². The van der Waals surface area contributed by atoms with Crippen LogP contribution in [0, 0.1) is 18.7 Å². The number of benzene rings is 1. The molecule has 3 rings (SSSR count). The number of nitrogens with one attached hydrogen (secondary N) is 1. The summed E-state index contributed by atoms with van der Waals surface area (Å²) in [6, 6.07) is 5.95. The number of carbonyl (C=O) groups excluding carboxylic acids is 1. The Morgan fingerprint density at radius 3 is 2.84 bits per heavy atom. The van der Waals surface area contributed by atoms with Crippen molar-refractivity contribution in [3.05, 3.63) is 47.5 Å². The van der Waals surface area contributed by atoms with Gasteiger partial charge >= 0.3 is 0 Å². The smallest absolute Gasteiger partial charge is 0.255 e. The van der Waals surface area contributed by atoms with Gasteiger partial charge in [-0.3, -0.25) is 4.79 Å². The van der Waals surface area contributed by atoms with Crippen LogP contribution in [0.1, 0.15) is 28.9 Å². The zero-order valence-corrected chi connectivity index (χ0v) is 14.1. The van der Waals surface area contributed by atoms with E-state index in [0.717, 1.165) is 12.8 Å². The minimum Gasteiger partial charge on any atom is -0.394 e. The second kappa shape index (κ2) is 7.76. The third-order valence-electron chi connectivity index (χ3n) is 4.68. The van der Waals surface area contributed by atoms with Crippen molar-refractivity contribution in [3.8, 4) is 5.69 Å². The van der Waals surface area contributed by atoms with Crippen LogP contribution in [0.25, 0.3) is 5.69 Å². The van der Waals surface area contributed by atoms with Crippen molar-refractivity contribution in [2.75, 3.05) is 19.8 Å². The van der Waals surface area contributed by atoms with Gasteiger partial charge in [0.2, 0.25) is 0 Å². The summed E-state index contributed by atoms with van der Waals surface area (Å²) in [5, 5.41) is 16.7. The van der Waals surface area contributed by atoms with Crippen LogP contribution in [0.2, 0.25) is 0 Å². The highest BCUT2D eigenvalue weighted by atomic mass is 19.1. The molecule has 134 valence electrons. The summed E-state index contributed by atoms with van der Waals surface area (Å²) in [6.45, 7) is 2.87. The van der Waals surface area contributed by atoms with E-state index in [1.165, 1.54) is 16.9 Å². The number of aliphatic hydroxyl groups excluding tert-OH is 1.